The maximum atomic E-state index is 12.0. The molecule has 0 spiro atoms. The Labute approximate surface area is 134 Å². The largest absolute Gasteiger partial charge is 0.352 e. The van der Waals surface area contributed by atoms with E-state index in [1.165, 1.54) is 18.2 Å². The summed E-state index contributed by atoms with van der Waals surface area (Å²) in [5, 5.41) is 13.7. The molecule has 0 atom stereocenters. The monoisotopic (exact) mass is 325 g/mol. The molecule has 1 heterocycles. The van der Waals surface area contributed by atoms with Crippen molar-refractivity contribution < 1.29 is 9.72 Å². The van der Waals surface area contributed by atoms with Gasteiger partial charge in [-0.05, 0) is 57.5 Å². The number of carbonyl (C=O) groups is 1. The molecule has 1 N–H and O–H groups in total. The molecule has 1 saturated heterocycles. The Kier molecular flexibility index (Phi) is 5.74. The molecular weight excluding hydrogens is 306 g/mol. The maximum Gasteiger partial charge on any atom is 0.288 e. The zero-order valence-electron chi connectivity index (χ0n) is 12.5. The van der Waals surface area contributed by atoms with Crippen molar-refractivity contribution in [1.82, 2.24) is 10.2 Å². The Morgan fingerprint density at radius 3 is 2.77 bits per heavy atom. The van der Waals surface area contributed by atoms with Crippen molar-refractivity contribution in [2.45, 2.75) is 19.3 Å². The molecule has 0 aromatic heterocycles. The molecule has 2 rings (SSSR count). The minimum Gasteiger partial charge on any atom is -0.352 e. The molecular formula is C15H20ClN3O3. The van der Waals surface area contributed by atoms with Crippen LogP contribution >= 0.6 is 11.6 Å². The highest BCUT2D eigenvalue weighted by molar-refractivity contribution is 6.32. The quantitative estimate of drug-likeness (QED) is 0.667. The van der Waals surface area contributed by atoms with Crippen LogP contribution in [0.15, 0.2) is 18.2 Å². The van der Waals surface area contributed by atoms with Crippen LogP contribution in [0.5, 0.6) is 0 Å². The van der Waals surface area contributed by atoms with E-state index >= 15 is 0 Å². The smallest absolute Gasteiger partial charge is 0.288 e. The molecule has 0 radical (unpaired) electrons. The van der Waals surface area contributed by atoms with E-state index in [2.05, 4.69) is 17.3 Å². The normalized spacial score (nSPS) is 16.5. The summed E-state index contributed by atoms with van der Waals surface area (Å²) in [6.07, 6.45) is 3.24. The van der Waals surface area contributed by atoms with E-state index < -0.39 is 4.92 Å². The predicted octanol–water partition coefficient (Wildman–Crippen LogP) is 2.71. The third-order valence-electron chi connectivity index (χ3n) is 4.08. The first-order chi connectivity index (χ1) is 10.5. The number of hydrogen-bond acceptors (Lipinski definition) is 4. The summed E-state index contributed by atoms with van der Waals surface area (Å²) in [5.74, 6) is 0.337. The second kappa shape index (κ2) is 7.56. The summed E-state index contributed by atoms with van der Waals surface area (Å²) >= 11 is 5.74. The number of nitrogens with one attached hydrogen (secondary N) is 1. The second-order valence-electron chi connectivity index (χ2n) is 5.71. The van der Waals surface area contributed by atoms with Crippen LogP contribution < -0.4 is 5.32 Å². The zero-order valence-corrected chi connectivity index (χ0v) is 13.3. The van der Waals surface area contributed by atoms with Gasteiger partial charge in [-0.2, -0.15) is 0 Å². The van der Waals surface area contributed by atoms with E-state index in [9.17, 15) is 14.9 Å². The number of nitro benzene ring substituents is 1. The van der Waals surface area contributed by atoms with Gasteiger partial charge < -0.3 is 10.2 Å². The molecule has 1 amide bonds. The highest BCUT2D eigenvalue weighted by Crippen LogP contribution is 2.25. The van der Waals surface area contributed by atoms with Gasteiger partial charge in [-0.25, -0.2) is 0 Å². The second-order valence-corrected chi connectivity index (χ2v) is 6.12. The van der Waals surface area contributed by atoms with Gasteiger partial charge in [0.1, 0.15) is 5.02 Å². The molecule has 1 aliphatic rings. The number of carbonyl (C=O) groups excluding carboxylic acids is 1. The topological polar surface area (TPSA) is 75.5 Å². The number of benzene rings is 1. The predicted molar refractivity (Wildman–Crippen MR) is 85.3 cm³/mol. The summed E-state index contributed by atoms with van der Waals surface area (Å²) in [5.41, 5.74) is 0.0177. The Hall–Kier alpha value is -1.66. The molecule has 0 bridgehead atoms. The molecule has 22 heavy (non-hydrogen) atoms. The van der Waals surface area contributed by atoms with E-state index in [0.717, 1.165) is 32.4 Å². The van der Waals surface area contributed by atoms with Gasteiger partial charge in [-0.1, -0.05) is 11.6 Å². The lowest BCUT2D eigenvalue weighted by atomic mass is 9.94. The maximum absolute atomic E-state index is 12.0. The number of rotatable bonds is 5. The van der Waals surface area contributed by atoms with Crippen LogP contribution in [0.3, 0.4) is 0 Å². The fraction of sp³-hybridized carbons (Fsp3) is 0.533. The van der Waals surface area contributed by atoms with Gasteiger partial charge >= 0.3 is 0 Å². The summed E-state index contributed by atoms with van der Waals surface area (Å²) in [7, 11) is 2.12. The van der Waals surface area contributed by atoms with Crippen LogP contribution in [0.25, 0.3) is 0 Å². The Morgan fingerprint density at radius 1 is 1.45 bits per heavy atom. The summed E-state index contributed by atoms with van der Waals surface area (Å²) in [6.45, 7) is 2.79. The van der Waals surface area contributed by atoms with E-state index in [1.807, 2.05) is 0 Å². The van der Waals surface area contributed by atoms with Crippen molar-refractivity contribution in [3.63, 3.8) is 0 Å². The highest BCUT2D eigenvalue weighted by Gasteiger charge is 2.18. The third kappa shape index (κ3) is 4.42. The SMILES string of the molecule is CN1CCC(CCNC(=O)c2ccc(Cl)c([N+](=O)[O-])c2)CC1. The van der Waals surface area contributed by atoms with E-state index in [1.54, 1.807) is 0 Å². The number of hydrogen-bond donors (Lipinski definition) is 1. The van der Waals surface area contributed by atoms with Crippen LogP contribution in [-0.2, 0) is 0 Å². The number of piperidine rings is 1. The van der Waals surface area contributed by atoms with Crippen LogP contribution in [0.4, 0.5) is 5.69 Å². The van der Waals surface area contributed by atoms with Crippen LogP contribution in [0.1, 0.15) is 29.6 Å². The van der Waals surface area contributed by atoms with E-state index in [-0.39, 0.29) is 22.2 Å². The fourth-order valence-corrected chi connectivity index (χ4v) is 2.82. The molecule has 1 aromatic rings. The van der Waals surface area contributed by atoms with Crippen molar-refractivity contribution >= 4 is 23.2 Å². The average molecular weight is 326 g/mol. The van der Waals surface area contributed by atoms with Gasteiger partial charge in [-0.15, -0.1) is 0 Å². The number of likely N-dealkylation sites (tertiary alicyclic amines) is 1. The molecule has 1 fully saturated rings. The van der Waals surface area contributed by atoms with Crippen LogP contribution in [0.2, 0.25) is 5.02 Å². The number of nitro groups is 1. The molecule has 7 heteroatoms. The Morgan fingerprint density at radius 2 is 2.14 bits per heavy atom. The Balaban J connectivity index is 1.85. The lowest BCUT2D eigenvalue weighted by Gasteiger charge is -2.28. The number of halogens is 1. The van der Waals surface area contributed by atoms with Gasteiger partial charge in [0.05, 0.1) is 4.92 Å². The molecule has 120 valence electrons. The van der Waals surface area contributed by atoms with E-state index in [4.69, 9.17) is 11.6 Å². The van der Waals surface area contributed by atoms with Gasteiger partial charge in [-0.3, -0.25) is 14.9 Å². The summed E-state index contributed by atoms with van der Waals surface area (Å²) in [4.78, 5) is 24.6. The van der Waals surface area contributed by atoms with Crippen molar-refractivity contribution in [1.29, 1.82) is 0 Å². The van der Waals surface area contributed by atoms with Crippen LogP contribution in [-0.4, -0.2) is 42.4 Å². The van der Waals surface area contributed by atoms with Gasteiger partial charge in [0.25, 0.3) is 11.6 Å². The fourth-order valence-electron chi connectivity index (χ4n) is 2.64. The summed E-state index contributed by atoms with van der Waals surface area (Å²) < 4.78 is 0. The van der Waals surface area contributed by atoms with E-state index in [0.29, 0.717) is 12.5 Å². The molecule has 6 nitrogen and oxygen atoms in total. The van der Waals surface area contributed by atoms with Crippen molar-refractivity contribution in [3.05, 3.63) is 38.9 Å². The van der Waals surface area contributed by atoms with Crippen molar-refractivity contribution in [2.24, 2.45) is 5.92 Å². The van der Waals surface area contributed by atoms with Gasteiger partial charge in [0.15, 0.2) is 0 Å². The molecule has 0 aliphatic carbocycles. The first-order valence-corrected chi connectivity index (χ1v) is 7.76. The number of amides is 1. The van der Waals surface area contributed by atoms with Crippen molar-refractivity contribution in [2.75, 3.05) is 26.7 Å². The minimum absolute atomic E-state index is 0.0351. The highest BCUT2D eigenvalue weighted by atomic mass is 35.5. The summed E-state index contributed by atoms with van der Waals surface area (Å²) in [6, 6.07) is 4.10. The standard InChI is InChI=1S/C15H20ClN3O3/c1-18-8-5-11(6-9-18)4-7-17-15(20)12-2-3-13(16)14(10-12)19(21)22/h2-3,10-11H,4-9H2,1H3,(H,17,20). The first kappa shape index (κ1) is 16.7. The van der Waals surface area contributed by atoms with Crippen molar-refractivity contribution in [3.8, 4) is 0 Å². The zero-order chi connectivity index (χ0) is 16.1. The lowest BCUT2D eigenvalue weighted by molar-refractivity contribution is -0.384. The molecule has 1 aromatic carbocycles. The molecule has 1 aliphatic heterocycles. The Bertz CT molecular complexity index is 557. The first-order valence-electron chi connectivity index (χ1n) is 7.38. The average Bonchev–Trinajstić information content (AvgIpc) is 2.49. The lowest BCUT2D eigenvalue weighted by Crippen LogP contribution is -2.32. The third-order valence-corrected chi connectivity index (χ3v) is 4.40. The number of nitrogens with zero attached hydrogens (tertiary/aromatic N) is 2. The molecule has 0 unspecified atom stereocenters. The minimum atomic E-state index is -0.586. The van der Waals surface area contributed by atoms with Gasteiger partial charge in [0.2, 0.25) is 0 Å². The molecule has 0 saturated carbocycles. The van der Waals surface area contributed by atoms with Gasteiger partial charge in [0, 0.05) is 18.2 Å². The van der Waals surface area contributed by atoms with Crippen LogP contribution in [0, 0.1) is 16.0 Å².